The first-order valence-electron chi connectivity index (χ1n) is 10.9. The standard InChI is InChI=1S/C25H33N3O4/c1-16(2)28-23(27-22-12-11-20(31-6)13-21(22)24(28)30)17-7-9-19(10-8-17)32-15-18(29)14-26-25(3,4)5/h7-13,16,18,26,29H,14-15H2,1-6H3. The second-order valence-corrected chi connectivity index (χ2v) is 9.21. The average molecular weight is 440 g/mol. The number of methoxy groups -OCH3 is 1. The Balaban J connectivity index is 1.84. The Hall–Kier alpha value is -2.90. The normalized spacial score (nSPS) is 12.9. The van der Waals surface area contributed by atoms with Crippen molar-refractivity contribution in [3.05, 3.63) is 52.8 Å². The highest BCUT2D eigenvalue weighted by Crippen LogP contribution is 2.25. The van der Waals surface area contributed by atoms with Gasteiger partial charge in [0.1, 0.15) is 30.0 Å². The summed E-state index contributed by atoms with van der Waals surface area (Å²) in [5.74, 6) is 1.87. The minimum absolute atomic E-state index is 0.0627. The van der Waals surface area contributed by atoms with E-state index < -0.39 is 6.10 Å². The maximum absolute atomic E-state index is 13.2. The van der Waals surface area contributed by atoms with Crippen LogP contribution in [0.15, 0.2) is 47.3 Å². The molecule has 3 aromatic rings. The molecule has 7 heteroatoms. The summed E-state index contributed by atoms with van der Waals surface area (Å²) >= 11 is 0. The fourth-order valence-corrected chi connectivity index (χ4v) is 3.36. The Morgan fingerprint density at radius 3 is 2.34 bits per heavy atom. The summed E-state index contributed by atoms with van der Waals surface area (Å²) in [5.41, 5.74) is 1.27. The van der Waals surface area contributed by atoms with Gasteiger partial charge < -0.3 is 19.9 Å². The van der Waals surface area contributed by atoms with Crippen LogP contribution in [0.2, 0.25) is 0 Å². The van der Waals surface area contributed by atoms with Crippen molar-refractivity contribution in [2.75, 3.05) is 20.3 Å². The summed E-state index contributed by atoms with van der Waals surface area (Å²) < 4.78 is 12.7. The van der Waals surface area contributed by atoms with Crippen LogP contribution in [0, 0.1) is 0 Å². The van der Waals surface area contributed by atoms with E-state index in [1.165, 1.54) is 0 Å². The van der Waals surface area contributed by atoms with Crippen LogP contribution in [-0.4, -0.2) is 46.6 Å². The maximum Gasteiger partial charge on any atom is 0.262 e. The van der Waals surface area contributed by atoms with Gasteiger partial charge in [0.15, 0.2) is 0 Å². The zero-order chi connectivity index (χ0) is 23.5. The van der Waals surface area contributed by atoms with E-state index in [4.69, 9.17) is 14.5 Å². The van der Waals surface area contributed by atoms with Crippen molar-refractivity contribution in [2.45, 2.75) is 52.3 Å². The molecule has 0 aliphatic rings. The van der Waals surface area contributed by atoms with Crippen molar-refractivity contribution in [2.24, 2.45) is 0 Å². The summed E-state index contributed by atoms with van der Waals surface area (Å²) in [5, 5.41) is 13.9. The zero-order valence-electron chi connectivity index (χ0n) is 19.7. The Labute approximate surface area is 189 Å². The number of aliphatic hydroxyl groups excluding tert-OH is 1. The molecule has 0 amide bonds. The number of benzene rings is 2. The van der Waals surface area contributed by atoms with E-state index in [1.54, 1.807) is 29.9 Å². The number of nitrogens with zero attached hydrogens (tertiary/aromatic N) is 2. The molecule has 2 aromatic carbocycles. The predicted molar refractivity (Wildman–Crippen MR) is 128 cm³/mol. The summed E-state index contributed by atoms with van der Waals surface area (Å²) in [6.45, 7) is 10.7. The van der Waals surface area contributed by atoms with Gasteiger partial charge in [-0.1, -0.05) is 0 Å². The first-order chi connectivity index (χ1) is 15.1. The molecule has 0 bridgehead atoms. The molecule has 3 rings (SSSR count). The topological polar surface area (TPSA) is 85.6 Å². The Kier molecular flexibility index (Phi) is 7.21. The summed E-state index contributed by atoms with van der Waals surface area (Å²) in [6, 6.07) is 12.7. The van der Waals surface area contributed by atoms with Crippen LogP contribution < -0.4 is 20.3 Å². The number of nitrogens with one attached hydrogen (secondary N) is 1. The van der Waals surface area contributed by atoms with E-state index >= 15 is 0 Å². The average Bonchev–Trinajstić information content (AvgIpc) is 2.75. The number of ether oxygens (including phenoxy) is 2. The molecular weight excluding hydrogens is 406 g/mol. The molecule has 0 saturated heterocycles. The van der Waals surface area contributed by atoms with E-state index in [0.29, 0.717) is 34.8 Å². The van der Waals surface area contributed by atoms with Crippen LogP contribution in [0.1, 0.15) is 40.7 Å². The smallest absolute Gasteiger partial charge is 0.262 e. The van der Waals surface area contributed by atoms with Gasteiger partial charge in [-0.2, -0.15) is 0 Å². The molecule has 2 N–H and O–H groups in total. The molecule has 32 heavy (non-hydrogen) atoms. The van der Waals surface area contributed by atoms with Crippen LogP contribution >= 0.6 is 0 Å². The fourth-order valence-electron chi connectivity index (χ4n) is 3.36. The molecule has 1 heterocycles. The van der Waals surface area contributed by atoms with Gasteiger partial charge in [-0.3, -0.25) is 9.36 Å². The summed E-state index contributed by atoms with van der Waals surface area (Å²) in [4.78, 5) is 18.0. The molecule has 1 unspecified atom stereocenters. The van der Waals surface area contributed by atoms with E-state index in [1.807, 2.05) is 58.9 Å². The maximum atomic E-state index is 13.2. The second kappa shape index (κ2) is 9.71. The van der Waals surface area contributed by atoms with Crippen molar-refractivity contribution in [3.8, 4) is 22.9 Å². The number of fused-ring (bicyclic) bond motifs is 1. The molecule has 0 aliphatic carbocycles. The third-order valence-corrected chi connectivity index (χ3v) is 5.05. The van der Waals surface area contributed by atoms with Crippen molar-refractivity contribution in [1.29, 1.82) is 0 Å². The lowest BCUT2D eigenvalue weighted by molar-refractivity contribution is 0.100. The minimum atomic E-state index is -0.612. The Morgan fingerprint density at radius 2 is 1.75 bits per heavy atom. The third kappa shape index (κ3) is 5.66. The third-order valence-electron chi connectivity index (χ3n) is 5.05. The van der Waals surface area contributed by atoms with Crippen LogP contribution in [0.5, 0.6) is 11.5 Å². The number of β-amino-alcohol motifs (C(OH)–C–C–N with tert-alkyl or cyclic N) is 1. The van der Waals surface area contributed by atoms with Crippen molar-refractivity contribution in [1.82, 2.24) is 14.9 Å². The van der Waals surface area contributed by atoms with Gasteiger partial charge >= 0.3 is 0 Å². The molecule has 172 valence electrons. The molecule has 0 radical (unpaired) electrons. The second-order valence-electron chi connectivity index (χ2n) is 9.21. The van der Waals surface area contributed by atoms with Crippen LogP contribution in [0.4, 0.5) is 0 Å². The highest BCUT2D eigenvalue weighted by Gasteiger charge is 2.16. The Bertz CT molecular complexity index is 1110. The van der Waals surface area contributed by atoms with Crippen LogP contribution in [0.3, 0.4) is 0 Å². The first-order valence-corrected chi connectivity index (χ1v) is 10.9. The van der Waals surface area contributed by atoms with Gasteiger partial charge in [0.25, 0.3) is 5.56 Å². The molecular formula is C25H33N3O4. The van der Waals surface area contributed by atoms with Gasteiger partial charge in [-0.15, -0.1) is 0 Å². The zero-order valence-corrected chi connectivity index (χ0v) is 19.7. The number of aromatic nitrogens is 2. The van der Waals surface area contributed by atoms with Gasteiger partial charge in [0.2, 0.25) is 0 Å². The highest BCUT2D eigenvalue weighted by atomic mass is 16.5. The number of rotatable bonds is 8. The lowest BCUT2D eigenvalue weighted by atomic mass is 10.1. The molecule has 0 spiro atoms. The molecule has 0 fully saturated rings. The lowest BCUT2D eigenvalue weighted by Gasteiger charge is -2.23. The van der Waals surface area contributed by atoms with E-state index in [9.17, 15) is 9.90 Å². The fraction of sp³-hybridized carbons (Fsp3) is 0.440. The number of hydrogen-bond donors (Lipinski definition) is 2. The number of aliphatic hydroxyl groups is 1. The van der Waals surface area contributed by atoms with Crippen molar-refractivity contribution < 1.29 is 14.6 Å². The Morgan fingerprint density at radius 1 is 1.09 bits per heavy atom. The first kappa shape index (κ1) is 23.8. The summed E-state index contributed by atoms with van der Waals surface area (Å²) in [6.07, 6.45) is -0.612. The molecule has 0 aliphatic heterocycles. The molecule has 0 saturated carbocycles. The van der Waals surface area contributed by atoms with Gasteiger partial charge in [0, 0.05) is 23.7 Å². The SMILES string of the molecule is COc1ccc2nc(-c3ccc(OCC(O)CNC(C)(C)C)cc3)n(C(C)C)c(=O)c2c1. The number of hydrogen-bond acceptors (Lipinski definition) is 6. The molecule has 1 aromatic heterocycles. The van der Waals surface area contributed by atoms with Crippen molar-refractivity contribution in [3.63, 3.8) is 0 Å². The van der Waals surface area contributed by atoms with Gasteiger partial charge in [-0.25, -0.2) is 4.98 Å². The lowest BCUT2D eigenvalue weighted by Crippen LogP contribution is -2.42. The van der Waals surface area contributed by atoms with Crippen LogP contribution in [0.25, 0.3) is 22.3 Å². The largest absolute Gasteiger partial charge is 0.497 e. The van der Waals surface area contributed by atoms with E-state index in [2.05, 4.69) is 5.32 Å². The van der Waals surface area contributed by atoms with Crippen molar-refractivity contribution >= 4 is 10.9 Å². The van der Waals surface area contributed by atoms with Gasteiger partial charge in [0.05, 0.1) is 18.0 Å². The van der Waals surface area contributed by atoms with Crippen LogP contribution in [-0.2, 0) is 0 Å². The van der Waals surface area contributed by atoms with Gasteiger partial charge in [-0.05, 0) is 77.1 Å². The quantitative estimate of drug-likeness (QED) is 0.556. The van der Waals surface area contributed by atoms with E-state index in [-0.39, 0.29) is 23.7 Å². The molecule has 1 atom stereocenters. The van der Waals surface area contributed by atoms with E-state index in [0.717, 1.165) is 5.56 Å². The minimum Gasteiger partial charge on any atom is -0.497 e. The molecule has 7 nitrogen and oxygen atoms in total. The summed E-state index contributed by atoms with van der Waals surface area (Å²) in [7, 11) is 1.58. The highest BCUT2D eigenvalue weighted by molar-refractivity contribution is 5.81. The predicted octanol–water partition coefficient (Wildman–Crippen LogP) is 3.78. The monoisotopic (exact) mass is 439 g/mol.